The topological polar surface area (TPSA) is 79.9 Å². The number of benzene rings is 1. The van der Waals surface area contributed by atoms with Crippen molar-refractivity contribution in [2.45, 2.75) is 44.6 Å². The van der Waals surface area contributed by atoms with Gasteiger partial charge in [0.15, 0.2) is 6.61 Å². The highest BCUT2D eigenvalue weighted by Gasteiger charge is 2.22. The van der Waals surface area contributed by atoms with E-state index in [1.165, 1.54) is 19.3 Å². The predicted octanol–water partition coefficient (Wildman–Crippen LogP) is 2.90. The van der Waals surface area contributed by atoms with Crippen molar-refractivity contribution in [1.29, 1.82) is 0 Å². The summed E-state index contributed by atoms with van der Waals surface area (Å²) in [5.74, 6) is 0.497. The van der Waals surface area contributed by atoms with Crippen LogP contribution in [0.15, 0.2) is 18.2 Å². The molecule has 3 amide bonds. The lowest BCUT2D eigenvalue weighted by Crippen LogP contribution is -2.35. The van der Waals surface area contributed by atoms with Gasteiger partial charge in [-0.1, -0.05) is 19.3 Å². The number of ether oxygens (including phenoxy) is 2. The third kappa shape index (κ3) is 4.88. The number of hydrogen-bond donors (Lipinski definition) is 2. The molecule has 0 atom stereocenters. The molecule has 142 valence electrons. The lowest BCUT2D eigenvalue weighted by atomic mass is 9.98. The highest BCUT2D eigenvalue weighted by Crippen LogP contribution is 2.33. The second kappa shape index (κ2) is 8.89. The predicted molar refractivity (Wildman–Crippen MR) is 99.8 cm³/mol. The Morgan fingerprint density at radius 3 is 2.92 bits per heavy atom. The van der Waals surface area contributed by atoms with Gasteiger partial charge in [-0.2, -0.15) is 0 Å². The molecule has 1 aliphatic heterocycles. The van der Waals surface area contributed by atoms with Crippen LogP contribution in [0.4, 0.5) is 16.2 Å². The molecule has 0 radical (unpaired) electrons. The molecule has 7 nitrogen and oxygen atoms in total. The first kappa shape index (κ1) is 18.5. The quantitative estimate of drug-likeness (QED) is 0.764. The van der Waals surface area contributed by atoms with Crippen LogP contribution in [-0.4, -0.2) is 44.8 Å². The van der Waals surface area contributed by atoms with Crippen molar-refractivity contribution in [1.82, 2.24) is 5.32 Å². The van der Waals surface area contributed by atoms with Crippen molar-refractivity contribution < 1.29 is 19.1 Å². The Bertz CT molecular complexity index is 644. The number of nitrogens with one attached hydrogen (secondary N) is 2. The van der Waals surface area contributed by atoms with Gasteiger partial charge in [-0.25, -0.2) is 4.79 Å². The molecular weight excluding hydrogens is 334 g/mol. The van der Waals surface area contributed by atoms with Crippen LogP contribution < -0.4 is 20.3 Å². The number of carbonyl (C=O) groups excluding carboxylic acids is 2. The first-order valence-electron chi connectivity index (χ1n) is 9.33. The number of fused-ring (bicyclic) bond motifs is 1. The van der Waals surface area contributed by atoms with Gasteiger partial charge in [0.1, 0.15) is 5.75 Å². The van der Waals surface area contributed by atoms with E-state index in [9.17, 15) is 9.59 Å². The number of urea groups is 1. The van der Waals surface area contributed by atoms with E-state index in [1.54, 1.807) is 30.1 Å². The molecular formula is C19H27N3O4. The van der Waals surface area contributed by atoms with E-state index in [1.807, 2.05) is 0 Å². The molecule has 1 heterocycles. The number of anilines is 2. The Morgan fingerprint density at radius 1 is 1.31 bits per heavy atom. The zero-order chi connectivity index (χ0) is 18.4. The van der Waals surface area contributed by atoms with Crippen molar-refractivity contribution >= 4 is 23.3 Å². The van der Waals surface area contributed by atoms with Crippen LogP contribution in [0.25, 0.3) is 0 Å². The van der Waals surface area contributed by atoms with E-state index in [0.29, 0.717) is 36.4 Å². The molecule has 7 heteroatoms. The first-order chi connectivity index (χ1) is 12.6. The third-order valence-corrected chi connectivity index (χ3v) is 4.82. The van der Waals surface area contributed by atoms with Gasteiger partial charge in [0, 0.05) is 32.0 Å². The molecule has 0 aromatic heterocycles. The minimum atomic E-state index is -0.261. The van der Waals surface area contributed by atoms with E-state index >= 15 is 0 Å². The van der Waals surface area contributed by atoms with Gasteiger partial charge >= 0.3 is 6.03 Å². The minimum Gasteiger partial charge on any atom is -0.481 e. The van der Waals surface area contributed by atoms with E-state index in [-0.39, 0.29) is 18.5 Å². The monoisotopic (exact) mass is 361 g/mol. The Labute approximate surface area is 154 Å². The number of rotatable bonds is 6. The molecule has 3 rings (SSSR count). The fourth-order valence-electron chi connectivity index (χ4n) is 3.29. The average molecular weight is 361 g/mol. The highest BCUT2D eigenvalue weighted by molar-refractivity contribution is 5.98. The summed E-state index contributed by atoms with van der Waals surface area (Å²) in [6.45, 7) is 1.26. The second-order valence-electron chi connectivity index (χ2n) is 6.79. The smallest absolute Gasteiger partial charge is 0.319 e. The number of nitrogens with zero attached hydrogens (tertiary/aromatic N) is 1. The molecule has 1 aromatic carbocycles. The van der Waals surface area contributed by atoms with Crippen LogP contribution in [0.5, 0.6) is 5.75 Å². The summed E-state index contributed by atoms with van der Waals surface area (Å²) in [6.07, 6.45) is 7.37. The summed E-state index contributed by atoms with van der Waals surface area (Å²) in [5.41, 5.74) is 1.33. The maximum absolute atomic E-state index is 12.0. The van der Waals surface area contributed by atoms with Crippen LogP contribution in [0.1, 0.15) is 38.5 Å². The summed E-state index contributed by atoms with van der Waals surface area (Å²) < 4.78 is 11.3. The number of hydrogen-bond acceptors (Lipinski definition) is 4. The molecule has 0 spiro atoms. The fourth-order valence-corrected chi connectivity index (χ4v) is 3.29. The van der Waals surface area contributed by atoms with Gasteiger partial charge in [-0.15, -0.1) is 0 Å². The van der Waals surface area contributed by atoms with E-state index in [0.717, 1.165) is 19.3 Å². The van der Waals surface area contributed by atoms with Crippen molar-refractivity contribution in [2.75, 3.05) is 37.0 Å². The summed E-state index contributed by atoms with van der Waals surface area (Å²) in [7, 11) is 1.71. The summed E-state index contributed by atoms with van der Waals surface area (Å²) in [5, 5.41) is 5.61. The fraction of sp³-hybridized carbons (Fsp3) is 0.579. The van der Waals surface area contributed by atoms with Crippen molar-refractivity contribution in [3.8, 4) is 5.75 Å². The van der Waals surface area contributed by atoms with Crippen molar-refractivity contribution in [2.24, 2.45) is 0 Å². The Hall–Kier alpha value is -2.28. The van der Waals surface area contributed by atoms with Gasteiger partial charge in [0.05, 0.1) is 11.8 Å². The Kier molecular flexibility index (Phi) is 6.33. The molecule has 2 aliphatic rings. The molecule has 1 aromatic rings. The molecule has 26 heavy (non-hydrogen) atoms. The van der Waals surface area contributed by atoms with E-state index in [2.05, 4.69) is 10.6 Å². The number of likely N-dealkylation sites (N-methyl/N-ethyl adjacent to an activating group) is 1. The molecule has 0 unspecified atom stereocenters. The number of amides is 3. The van der Waals surface area contributed by atoms with Crippen molar-refractivity contribution in [3.63, 3.8) is 0 Å². The molecule has 1 saturated carbocycles. The van der Waals surface area contributed by atoms with E-state index in [4.69, 9.17) is 9.47 Å². The Morgan fingerprint density at radius 2 is 2.12 bits per heavy atom. The van der Waals surface area contributed by atoms with Gasteiger partial charge in [0.25, 0.3) is 5.91 Å². The molecule has 1 aliphatic carbocycles. The normalized spacial score (nSPS) is 17.4. The maximum Gasteiger partial charge on any atom is 0.319 e. The largest absolute Gasteiger partial charge is 0.481 e. The number of carbonyl (C=O) groups is 2. The Balaban J connectivity index is 1.37. The molecule has 0 bridgehead atoms. The van der Waals surface area contributed by atoms with Crippen LogP contribution in [0.3, 0.4) is 0 Å². The zero-order valence-corrected chi connectivity index (χ0v) is 15.3. The van der Waals surface area contributed by atoms with Crippen LogP contribution in [0, 0.1) is 0 Å². The minimum absolute atomic E-state index is 0.0140. The molecule has 1 fully saturated rings. The van der Waals surface area contributed by atoms with Crippen LogP contribution in [0.2, 0.25) is 0 Å². The first-order valence-corrected chi connectivity index (χ1v) is 9.33. The van der Waals surface area contributed by atoms with E-state index < -0.39 is 0 Å². The van der Waals surface area contributed by atoms with Crippen LogP contribution >= 0.6 is 0 Å². The molecule has 2 N–H and O–H groups in total. The summed E-state index contributed by atoms with van der Waals surface area (Å²) in [6, 6.07) is 4.98. The average Bonchev–Trinajstić information content (AvgIpc) is 2.65. The van der Waals surface area contributed by atoms with Crippen molar-refractivity contribution in [3.05, 3.63) is 18.2 Å². The lowest BCUT2D eigenvalue weighted by Gasteiger charge is -2.26. The van der Waals surface area contributed by atoms with Gasteiger partial charge in [-0.05, 0) is 31.4 Å². The maximum atomic E-state index is 12.0. The lowest BCUT2D eigenvalue weighted by molar-refractivity contribution is -0.120. The molecule has 0 saturated heterocycles. The van der Waals surface area contributed by atoms with Gasteiger partial charge in [-0.3, -0.25) is 4.79 Å². The highest BCUT2D eigenvalue weighted by atomic mass is 16.5. The van der Waals surface area contributed by atoms with Gasteiger partial charge < -0.3 is 25.0 Å². The SMILES string of the molecule is CN1C(=O)COc2cc(NC(=O)NCCCOC3CCCCC3)ccc21. The van der Waals surface area contributed by atoms with Gasteiger partial charge in [0.2, 0.25) is 0 Å². The second-order valence-corrected chi connectivity index (χ2v) is 6.79. The standard InChI is InChI=1S/C19H27N3O4/c1-22-16-9-8-14(12-17(16)26-13-18(22)23)21-19(24)20-10-5-11-25-15-6-3-2-4-7-15/h8-9,12,15H,2-7,10-11,13H2,1H3,(H2,20,21,24). The van der Waals surface area contributed by atoms with Crippen LogP contribution in [-0.2, 0) is 9.53 Å². The zero-order valence-electron chi connectivity index (χ0n) is 15.3. The third-order valence-electron chi connectivity index (χ3n) is 4.82. The summed E-state index contributed by atoms with van der Waals surface area (Å²) in [4.78, 5) is 25.1. The summed E-state index contributed by atoms with van der Waals surface area (Å²) >= 11 is 0.